The van der Waals surface area contributed by atoms with Crippen LogP contribution in [-0.4, -0.2) is 16.9 Å². The topological polar surface area (TPSA) is 70.9 Å². The number of fused-ring (bicyclic) bond motifs is 1. The summed E-state index contributed by atoms with van der Waals surface area (Å²) in [6, 6.07) is 5.82. The third-order valence-electron chi connectivity index (χ3n) is 4.42. The molecule has 4 N–H and O–H groups in total. The van der Waals surface area contributed by atoms with E-state index in [0.717, 1.165) is 10.9 Å². The molecule has 1 atom stereocenters. The summed E-state index contributed by atoms with van der Waals surface area (Å²) < 4.78 is 0. The largest absolute Gasteiger partial charge is 0.399 e. The van der Waals surface area contributed by atoms with Crippen LogP contribution in [0.4, 0.5) is 5.69 Å². The summed E-state index contributed by atoms with van der Waals surface area (Å²) in [6.45, 7) is 2.11. The fraction of sp³-hybridized carbons (Fsp3) is 0.438. The number of hydrogen-bond donors (Lipinski definition) is 3. The van der Waals surface area contributed by atoms with Gasteiger partial charge < -0.3 is 16.0 Å². The highest BCUT2D eigenvalue weighted by Crippen LogP contribution is 2.28. The number of carbonyl (C=O) groups is 1. The number of anilines is 1. The van der Waals surface area contributed by atoms with Crippen LogP contribution in [0.25, 0.3) is 10.9 Å². The molecule has 0 saturated heterocycles. The van der Waals surface area contributed by atoms with Gasteiger partial charge in [-0.05, 0) is 43.9 Å². The van der Waals surface area contributed by atoms with Crippen molar-refractivity contribution in [1.82, 2.24) is 10.3 Å². The minimum atomic E-state index is 0.000390. The highest BCUT2D eigenvalue weighted by Gasteiger charge is 2.23. The Morgan fingerprint density at radius 1 is 1.40 bits per heavy atom. The smallest absolute Gasteiger partial charge is 0.253 e. The van der Waals surface area contributed by atoms with Gasteiger partial charge in [-0.1, -0.05) is 12.8 Å². The van der Waals surface area contributed by atoms with Gasteiger partial charge in [-0.15, -0.1) is 0 Å². The molecule has 1 aliphatic rings. The van der Waals surface area contributed by atoms with Crippen molar-refractivity contribution < 1.29 is 4.79 Å². The number of H-pyrrole nitrogens is 1. The second-order valence-electron chi connectivity index (χ2n) is 5.81. The van der Waals surface area contributed by atoms with Crippen LogP contribution >= 0.6 is 0 Å². The van der Waals surface area contributed by atoms with Gasteiger partial charge in [0.2, 0.25) is 0 Å². The molecular formula is C16H21N3O. The average Bonchev–Trinajstić information content (AvgIpc) is 3.07. The molecule has 0 radical (unpaired) electrons. The number of hydrogen-bond acceptors (Lipinski definition) is 2. The van der Waals surface area contributed by atoms with Crippen molar-refractivity contribution in [3.05, 3.63) is 30.0 Å². The van der Waals surface area contributed by atoms with E-state index in [0.29, 0.717) is 17.2 Å². The van der Waals surface area contributed by atoms with Gasteiger partial charge in [-0.2, -0.15) is 0 Å². The lowest BCUT2D eigenvalue weighted by Gasteiger charge is -2.20. The van der Waals surface area contributed by atoms with E-state index in [1.807, 2.05) is 18.2 Å². The Hall–Kier alpha value is -1.97. The first-order valence-corrected chi connectivity index (χ1v) is 7.32. The van der Waals surface area contributed by atoms with Crippen LogP contribution in [-0.2, 0) is 0 Å². The van der Waals surface area contributed by atoms with Gasteiger partial charge in [0.15, 0.2) is 0 Å². The molecule has 0 aliphatic heterocycles. The lowest BCUT2D eigenvalue weighted by molar-refractivity contribution is 0.0929. The van der Waals surface area contributed by atoms with Crippen LogP contribution in [0.15, 0.2) is 24.4 Å². The van der Waals surface area contributed by atoms with Crippen molar-refractivity contribution in [1.29, 1.82) is 0 Å². The predicted octanol–water partition coefficient (Wildman–Crippen LogP) is 3.06. The zero-order chi connectivity index (χ0) is 14.1. The third kappa shape index (κ3) is 2.38. The van der Waals surface area contributed by atoms with E-state index in [4.69, 9.17) is 5.73 Å². The highest BCUT2D eigenvalue weighted by atomic mass is 16.1. The minimum Gasteiger partial charge on any atom is -0.399 e. The summed E-state index contributed by atoms with van der Waals surface area (Å²) in [5.74, 6) is 0.625. The summed E-state index contributed by atoms with van der Waals surface area (Å²) in [4.78, 5) is 15.5. The Kier molecular flexibility index (Phi) is 3.38. The summed E-state index contributed by atoms with van der Waals surface area (Å²) >= 11 is 0. The number of aromatic nitrogens is 1. The Balaban J connectivity index is 1.78. The number of nitrogens with two attached hydrogens (primary N) is 1. The van der Waals surface area contributed by atoms with Crippen LogP contribution < -0.4 is 11.1 Å². The zero-order valence-electron chi connectivity index (χ0n) is 11.8. The zero-order valence-corrected chi connectivity index (χ0v) is 11.8. The first-order chi connectivity index (χ1) is 9.65. The molecule has 4 heteroatoms. The minimum absolute atomic E-state index is 0.000390. The molecule has 20 heavy (non-hydrogen) atoms. The maximum Gasteiger partial charge on any atom is 0.253 e. The van der Waals surface area contributed by atoms with Gasteiger partial charge in [-0.25, -0.2) is 0 Å². The monoisotopic (exact) mass is 271 g/mol. The maximum atomic E-state index is 12.4. The summed E-state index contributed by atoms with van der Waals surface area (Å²) in [5, 5.41) is 4.07. The number of nitrogens with one attached hydrogen (secondary N) is 2. The maximum absolute atomic E-state index is 12.4. The predicted molar refractivity (Wildman–Crippen MR) is 81.6 cm³/mol. The van der Waals surface area contributed by atoms with Crippen LogP contribution in [0.1, 0.15) is 43.0 Å². The van der Waals surface area contributed by atoms with E-state index >= 15 is 0 Å². The second-order valence-corrected chi connectivity index (χ2v) is 5.81. The lowest BCUT2D eigenvalue weighted by Crippen LogP contribution is -2.37. The molecule has 1 aromatic carbocycles. The lowest BCUT2D eigenvalue weighted by atomic mass is 9.99. The molecule has 0 spiro atoms. The van der Waals surface area contributed by atoms with Gasteiger partial charge in [0.1, 0.15) is 0 Å². The molecular weight excluding hydrogens is 250 g/mol. The Labute approximate surface area is 118 Å². The SMILES string of the molecule is CC(NC(=O)c1c[nH]c2cc(N)ccc12)C1CCCC1. The van der Waals surface area contributed by atoms with E-state index in [1.165, 1.54) is 25.7 Å². The van der Waals surface area contributed by atoms with Crippen LogP contribution in [0.3, 0.4) is 0 Å². The van der Waals surface area contributed by atoms with Gasteiger partial charge in [0.25, 0.3) is 5.91 Å². The normalized spacial score (nSPS) is 17.4. The average molecular weight is 271 g/mol. The van der Waals surface area contributed by atoms with Gasteiger partial charge in [0.05, 0.1) is 5.56 Å². The molecule has 1 saturated carbocycles. The van der Waals surface area contributed by atoms with E-state index in [1.54, 1.807) is 6.20 Å². The molecule has 1 fully saturated rings. The molecule has 106 valence electrons. The first-order valence-electron chi connectivity index (χ1n) is 7.32. The van der Waals surface area contributed by atoms with E-state index in [-0.39, 0.29) is 11.9 Å². The van der Waals surface area contributed by atoms with E-state index < -0.39 is 0 Å². The Morgan fingerprint density at radius 2 is 2.15 bits per heavy atom. The first kappa shape index (κ1) is 13.0. The number of amides is 1. The van der Waals surface area contributed by atoms with Crippen LogP contribution in [0.2, 0.25) is 0 Å². The van der Waals surface area contributed by atoms with Crippen molar-refractivity contribution in [2.45, 2.75) is 38.6 Å². The molecule has 0 bridgehead atoms. The van der Waals surface area contributed by atoms with Crippen molar-refractivity contribution in [2.75, 3.05) is 5.73 Å². The fourth-order valence-electron chi connectivity index (χ4n) is 3.19. The Bertz CT molecular complexity index is 626. The molecule has 2 aromatic rings. The number of aromatic amines is 1. The van der Waals surface area contributed by atoms with E-state index in [2.05, 4.69) is 17.2 Å². The standard InChI is InChI=1S/C16H21N3O/c1-10(11-4-2-3-5-11)19-16(20)14-9-18-15-8-12(17)6-7-13(14)15/h6-11,18H,2-5,17H2,1H3,(H,19,20). The number of rotatable bonds is 3. The van der Waals surface area contributed by atoms with Gasteiger partial charge in [0, 0.05) is 28.8 Å². The van der Waals surface area contributed by atoms with Crippen molar-refractivity contribution >= 4 is 22.5 Å². The molecule has 1 unspecified atom stereocenters. The summed E-state index contributed by atoms with van der Waals surface area (Å²) in [6.07, 6.45) is 6.80. The van der Waals surface area contributed by atoms with Gasteiger partial charge >= 0.3 is 0 Å². The van der Waals surface area contributed by atoms with Crippen LogP contribution in [0.5, 0.6) is 0 Å². The van der Waals surface area contributed by atoms with Crippen molar-refractivity contribution in [3.8, 4) is 0 Å². The molecule has 1 amide bonds. The van der Waals surface area contributed by atoms with Gasteiger partial charge in [-0.3, -0.25) is 4.79 Å². The Morgan fingerprint density at radius 3 is 2.90 bits per heavy atom. The quantitative estimate of drug-likeness (QED) is 0.751. The molecule has 1 aromatic heterocycles. The molecule has 3 rings (SSSR count). The highest BCUT2D eigenvalue weighted by molar-refractivity contribution is 6.07. The van der Waals surface area contributed by atoms with Crippen molar-refractivity contribution in [3.63, 3.8) is 0 Å². The molecule has 1 aliphatic carbocycles. The molecule has 1 heterocycles. The third-order valence-corrected chi connectivity index (χ3v) is 4.42. The van der Waals surface area contributed by atoms with E-state index in [9.17, 15) is 4.79 Å². The fourth-order valence-corrected chi connectivity index (χ4v) is 3.19. The number of carbonyl (C=O) groups excluding carboxylic acids is 1. The summed E-state index contributed by atoms with van der Waals surface area (Å²) in [7, 11) is 0. The molecule has 4 nitrogen and oxygen atoms in total. The second kappa shape index (κ2) is 5.19. The number of nitrogen functional groups attached to an aromatic ring is 1. The van der Waals surface area contributed by atoms with Crippen LogP contribution in [0, 0.1) is 5.92 Å². The summed E-state index contributed by atoms with van der Waals surface area (Å²) in [5.41, 5.74) is 8.06. The van der Waals surface area contributed by atoms with Crippen molar-refractivity contribution in [2.24, 2.45) is 5.92 Å². The number of benzene rings is 1.